The fraction of sp³-hybridized carbons (Fsp3) is 0.0588. The number of nitrogens with zero attached hydrogens (tertiary/aromatic N) is 2. The van der Waals surface area contributed by atoms with Crippen LogP contribution >= 0.6 is 11.8 Å². The number of benzene rings is 2. The van der Waals surface area contributed by atoms with E-state index in [4.69, 9.17) is 0 Å². The van der Waals surface area contributed by atoms with Crippen molar-refractivity contribution in [2.24, 2.45) is 0 Å². The van der Waals surface area contributed by atoms with E-state index in [1.807, 2.05) is 12.1 Å². The first-order valence-corrected chi connectivity index (χ1v) is 7.79. The van der Waals surface area contributed by atoms with Crippen molar-refractivity contribution in [1.82, 2.24) is 15.0 Å². The minimum atomic E-state index is 0.776. The third-order valence-electron chi connectivity index (χ3n) is 3.48. The zero-order chi connectivity index (χ0) is 14.1. The number of imidazole rings is 1. The molecule has 2 aromatic heterocycles. The van der Waals surface area contributed by atoms with Crippen molar-refractivity contribution in [3.05, 3.63) is 66.4 Å². The van der Waals surface area contributed by atoms with Crippen molar-refractivity contribution in [3.8, 4) is 0 Å². The molecule has 0 bridgehead atoms. The minimum absolute atomic E-state index is 0.776. The summed E-state index contributed by atoms with van der Waals surface area (Å²) < 4.78 is 0. The van der Waals surface area contributed by atoms with Gasteiger partial charge >= 0.3 is 0 Å². The van der Waals surface area contributed by atoms with E-state index in [1.165, 1.54) is 16.3 Å². The lowest BCUT2D eigenvalue weighted by Gasteiger charge is -2.04. The van der Waals surface area contributed by atoms with E-state index >= 15 is 0 Å². The van der Waals surface area contributed by atoms with Crippen molar-refractivity contribution < 1.29 is 0 Å². The molecule has 0 fully saturated rings. The smallest absolute Gasteiger partial charge is 0.178 e. The second-order valence-electron chi connectivity index (χ2n) is 4.84. The van der Waals surface area contributed by atoms with Crippen LogP contribution < -0.4 is 0 Å². The first kappa shape index (κ1) is 12.4. The SMILES string of the molecule is c1ccc2c(CSc3nc4ncccc4[nH]3)cccc2c1. The second kappa shape index (κ2) is 5.22. The van der Waals surface area contributed by atoms with E-state index < -0.39 is 0 Å². The summed E-state index contributed by atoms with van der Waals surface area (Å²) in [5.74, 6) is 0.890. The Hall–Kier alpha value is -2.33. The highest BCUT2D eigenvalue weighted by atomic mass is 32.2. The average Bonchev–Trinajstić information content (AvgIpc) is 2.96. The standard InChI is InChI=1S/C17H13N3S/c1-2-8-14-12(5-1)6-3-7-13(14)11-21-17-19-15-9-4-10-18-16(15)20-17/h1-10H,11H2,(H,18,19,20). The summed E-state index contributed by atoms with van der Waals surface area (Å²) in [5, 5.41) is 3.50. The lowest BCUT2D eigenvalue weighted by molar-refractivity contribution is 1.07. The van der Waals surface area contributed by atoms with Gasteiger partial charge in [0.15, 0.2) is 10.8 Å². The van der Waals surface area contributed by atoms with Gasteiger partial charge in [-0.15, -0.1) is 0 Å². The molecular weight excluding hydrogens is 278 g/mol. The van der Waals surface area contributed by atoms with Gasteiger partial charge in [0, 0.05) is 11.9 Å². The van der Waals surface area contributed by atoms with E-state index in [2.05, 4.69) is 57.4 Å². The van der Waals surface area contributed by atoms with Crippen LogP contribution in [0.3, 0.4) is 0 Å². The molecule has 0 aliphatic rings. The van der Waals surface area contributed by atoms with Gasteiger partial charge in [0.2, 0.25) is 0 Å². The summed E-state index contributed by atoms with van der Waals surface area (Å²) in [5.41, 5.74) is 3.09. The van der Waals surface area contributed by atoms with Gasteiger partial charge < -0.3 is 4.98 Å². The summed E-state index contributed by atoms with van der Waals surface area (Å²) in [6.45, 7) is 0. The molecular formula is C17H13N3S. The maximum absolute atomic E-state index is 4.50. The van der Waals surface area contributed by atoms with Gasteiger partial charge in [-0.1, -0.05) is 54.2 Å². The van der Waals surface area contributed by atoms with Crippen LogP contribution in [0.2, 0.25) is 0 Å². The molecule has 2 aromatic carbocycles. The first-order chi connectivity index (χ1) is 10.4. The van der Waals surface area contributed by atoms with Crippen molar-refractivity contribution in [1.29, 1.82) is 0 Å². The number of aromatic amines is 1. The van der Waals surface area contributed by atoms with Crippen LogP contribution in [0, 0.1) is 0 Å². The highest BCUT2D eigenvalue weighted by molar-refractivity contribution is 7.98. The van der Waals surface area contributed by atoms with Crippen LogP contribution in [0.25, 0.3) is 21.9 Å². The summed E-state index contributed by atoms with van der Waals surface area (Å²) in [6, 6.07) is 18.8. The lowest BCUT2D eigenvalue weighted by Crippen LogP contribution is -1.84. The van der Waals surface area contributed by atoms with Crippen molar-refractivity contribution in [3.63, 3.8) is 0 Å². The summed E-state index contributed by atoms with van der Waals surface area (Å²) in [6.07, 6.45) is 1.77. The first-order valence-electron chi connectivity index (χ1n) is 6.80. The van der Waals surface area contributed by atoms with Crippen LogP contribution in [0.1, 0.15) is 5.56 Å². The predicted molar refractivity (Wildman–Crippen MR) is 87.4 cm³/mol. The van der Waals surface area contributed by atoms with Gasteiger partial charge in [0.1, 0.15) is 0 Å². The Balaban J connectivity index is 1.63. The molecule has 0 aliphatic carbocycles. The number of H-pyrrole nitrogens is 1. The topological polar surface area (TPSA) is 41.6 Å². The highest BCUT2D eigenvalue weighted by Gasteiger charge is 2.06. The van der Waals surface area contributed by atoms with Crippen molar-refractivity contribution >= 4 is 33.7 Å². The van der Waals surface area contributed by atoms with Crippen LogP contribution in [0.15, 0.2) is 66.0 Å². The molecule has 3 nitrogen and oxygen atoms in total. The molecule has 4 aromatic rings. The number of nitrogens with one attached hydrogen (secondary N) is 1. The molecule has 0 aliphatic heterocycles. The van der Waals surface area contributed by atoms with Crippen molar-refractivity contribution in [2.75, 3.05) is 0 Å². The number of fused-ring (bicyclic) bond motifs is 2. The van der Waals surface area contributed by atoms with Gasteiger partial charge in [-0.2, -0.15) is 0 Å². The summed E-state index contributed by atoms with van der Waals surface area (Å²) >= 11 is 1.71. The zero-order valence-corrected chi connectivity index (χ0v) is 12.1. The van der Waals surface area contributed by atoms with Gasteiger partial charge in [-0.05, 0) is 28.5 Å². The van der Waals surface area contributed by atoms with Crippen LogP contribution in [0.5, 0.6) is 0 Å². The Morgan fingerprint density at radius 2 is 1.86 bits per heavy atom. The minimum Gasteiger partial charge on any atom is -0.332 e. The second-order valence-corrected chi connectivity index (χ2v) is 5.81. The van der Waals surface area contributed by atoms with Gasteiger partial charge in [-0.3, -0.25) is 0 Å². The number of aromatic nitrogens is 3. The Labute approximate surface area is 126 Å². The third-order valence-corrected chi connectivity index (χ3v) is 4.40. The molecule has 0 atom stereocenters. The highest BCUT2D eigenvalue weighted by Crippen LogP contribution is 2.26. The van der Waals surface area contributed by atoms with Crippen LogP contribution in [-0.4, -0.2) is 15.0 Å². The van der Waals surface area contributed by atoms with E-state index in [9.17, 15) is 0 Å². The quantitative estimate of drug-likeness (QED) is 0.569. The molecule has 4 heteroatoms. The number of thioether (sulfide) groups is 1. The molecule has 0 saturated heterocycles. The van der Waals surface area contributed by atoms with Crippen molar-refractivity contribution in [2.45, 2.75) is 10.9 Å². The molecule has 102 valence electrons. The number of hydrogen-bond donors (Lipinski definition) is 1. The molecule has 0 amide bonds. The monoisotopic (exact) mass is 291 g/mol. The van der Waals surface area contributed by atoms with Gasteiger partial charge in [0.05, 0.1) is 5.52 Å². The zero-order valence-electron chi connectivity index (χ0n) is 11.3. The van der Waals surface area contributed by atoms with E-state index in [0.29, 0.717) is 0 Å². The maximum Gasteiger partial charge on any atom is 0.178 e. The number of pyridine rings is 1. The molecule has 0 spiro atoms. The van der Waals surface area contributed by atoms with Gasteiger partial charge in [0.25, 0.3) is 0 Å². The molecule has 2 heterocycles. The molecule has 4 rings (SSSR count). The Morgan fingerprint density at radius 3 is 2.81 bits per heavy atom. The summed E-state index contributed by atoms with van der Waals surface area (Å²) in [7, 11) is 0. The summed E-state index contributed by atoms with van der Waals surface area (Å²) in [4.78, 5) is 12.1. The number of rotatable bonds is 3. The lowest BCUT2D eigenvalue weighted by atomic mass is 10.1. The Kier molecular flexibility index (Phi) is 3.09. The normalized spacial score (nSPS) is 11.2. The van der Waals surface area contributed by atoms with Crippen LogP contribution in [-0.2, 0) is 5.75 Å². The third kappa shape index (κ3) is 2.38. The van der Waals surface area contributed by atoms with E-state index in [1.54, 1.807) is 18.0 Å². The average molecular weight is 291 g/mol. The molecule has 0 radical (unpaired) electrons. The molecule has 1 N–H and O–H groups in total. The predicted octanol–water partition coefficient (Wildman–Crippen LogP) is 4.40. The van der Waals surface area contributed by atoms with Crippen LogP contribution in [0.4, 0.5) is 0 Å². The van der Waals surface area contributed by atoms with Gasteiger partial charge in [-0.25, -0.2) is 9.97 Å². The number of hydrogen-bond acceptors (Lipinski definition) is 3. The Morgan fingerprint density at radius 1 is 0.952 bits per heavy atom. The Bertz CT molecular complexity index is 876. The van der Waals surface area contributed by atoms with E-state index in [0.717, 1.165) is 22.1 Å². The van der Waals surface area contributed by atoms with E-state index in [-0.39, 0.29) is 0 Å². The molecule has 0 saturated carbocycles. The molecule has 0 unspecified atom stereocenters. The fourth-order valence-electron chi connectivity index (χ4n) is 2.46. The molecule has 21 heavy (non-hydrogen) atoms. The maximum atomic E-state index is 4.50. The fourth-order valence-corrected chi connectivity index (χ4v) is 3.33. The largest absolute Gasteiger partial charge is 0.332 e.